The summed E-state index contributed by atoms with van der Waals surface area (Å²) >= 11 is 0. The summed E-state index contributed by atoms with van der Waals surface area (Å²) in [7, 11) is 0. The summed E-state index contributed by atoms with van der Waals surface area (Å²) in [6.07, 6.45) is 4.19. The Kier molecular flexibility index (Phi) is 4.76. The number of carbonyl (C=O) groups excluding carboxylic acids is 1. The SMILES string of the molecule is NC1CCN(CC(=O)N2CCCCC2C(=O)O)CC1. The molecule has 2 saturated heterocycles. The van der Waals surface area contributed by atoms with Gasteiger partial charge in [0.25, 0.3) is 0 Å². The van der Waals surface area contributed by atoms with E-state index in [1.54, 1.807) is 4.90 Å². The number of carboxylic acids is 1. The third-order valence-electron chi connectivity index (χ3n) is 4.10. The number of nitrogens with zero attached hydrogens (tertiary/aromatic N) is 2. The zero-order valence-corrected chi connectivity index (χ0v) is 11.3. The molecule has 2 aliphatic rings. The molecular weight excluding hydrogens is 246 g/mol. The number of hydrogen-bond acceptors (Lipinski definition) is 4. The first-order valence-corrected chi connectivity index (χ1v) is 7.08. The Labute approximate surface area is 113 Å². The van der Waals surface area contributed by atoms with E-state index in [4.69, 9.17) is 5.73 Å². The maximum Gasteiger partial charge on any atom is 0.326 e. The van der Waals surface area contributed by atoms with Gasteiger partial charge in [0.15, 0.2) is 0 Å². The Bertz CT molecular complexity index is 340. The molecule has 6 nitrogen and oxygen atoms in total. The van der Waals surface area contributed by atoms with Crippen molar-refractivity contribution >= 4 is 11.9 Å². The lowest BCUT2D eigenvalue weighted by molar-refractivity contribution is -0.152. The zero-order valence-electron chi connectivity index (χ0n) is 11.3. The number of piperidine rings is 2. The van der Waals surface area contributed by atoms with Crippen LogP contribution in [-0.2, 0) is 9.59 Å². The quantitative estimate of drug-likeness (QED) is 0.745. The molecule has 3 N–H and O–H groups in total. The molecule has 0 spiro atoms. The molecule has 6 heteroatoms. The Morgan fingerprint density at radius 1 is 1.11 bits per heavy atom. The highest BCUT2D eigenvalue weighted by molar-refractivity contribution is 5.85. The summed E-state index contributed by atoms with van der Waals surface area (Å²) in [6.45, 7) is 2.57. The van der Waals surface area contributed by atoms with Crippen molar-refractivity contribution in [3.63, 3.8) is 0 Å². The highest BCUT2D eigenvalue weighted by Crippen LogP contribution is 2.18. The second-order valence-corrected chi connectivity index (χ2v) is 5.55. The number of likely N-dealkylation sites (tertiary alicyclic amines) is 2. The Balaban J connectivity index is 1.89. The monoisotopic (exact) mass is 269 g/mol. The molecule has 0 aliphatic carbocycles. The first-order valence-electron chi connectivity index (χ1n) is 7.08. The summed E-state index contributed by atoms with van der Waals surface area (Å²) in [4.78, 5) is 27.1. The van der Waals surface area contributed by atoms with Crippen molar-refractivity contribution in [1.29, 1.82) is 0 Å². The standard InChI is InChI=1S/C13H23N3O3/c14-10-4-7-15(8-5-10)9-12(17)16-6-2-1-3-11(16)13(18)19/h10-11H,1-9,14H2,(H,18,19). The van der Waals surface area contributed by atoms with Gasteiger partial charge in [-0.1, -0.05) is 0 Å². The molecule has 2 heterocycles. The van der Waals surface area contributed by atoms with Crippen LogP contribution in [0, 0.1) is 0 Å². The Morgan fingerprint density at radius 2 is 1.79 bits per heavy atom. The molecule has 0 radical (unpaired) electrons. The number of rotatable bonds is 3. The molecule has 0 aromatic heterocycles. The van der Waals surface area contributed by atoms with Gasteiger partial charge in [0.2, 0.25) is 5.91 Å². The van der Waals surface area contributed by atoms with Crippen molar-refractivity contribution in [2.24, 2.45) is 5.73 Å². The predicted octanol–water partition coefficient (Wildman–Crippen LogP) is -0.125. The van der Waals surface area contributed by atoms with E-state index >= 15 is 0 Å². The van der Waals surface area contributed by atoms with Crippen LogP contribution in [-0.4, -0.2) is 65.0 Å². The van der Waals surface area contributed by atoms with Crippen molar-refractivity contribution < 1.29 is 14.7 Å². The molecule has 2 fully saturated rings. The molecule has 19 heavy (non-hydrogen) atoms. The topological polar surface area (TPSA) is 86.9 Å². The van der Waals surface area contributed by atoms with Gasteiger partial charge in [0.1, 0.15) is 6.04 Å². The third-order valence-corrected chi connectivity index (χ3v) is 4.10. The fourth-order valence-corrected chi connectivity index (χ4v) is 2.88. The van der Waals surface area contributed by atoms with Crippen LogP contribution in [0.15, 0.2) is 0 Å². The molecule has 1 unspecified atom stereocenters. The molecule has 0 saturated carbocycles. The highest BCUT2D eigenvalue weighted by atomic mass is 16.4. The first-order chi connectivity index (χ1) is 9.08. The normalized spacial score (nSPS) is 26.4. The van der Waals surface area contributed by atoms with E-state index in [1.807, 2.05) is 0 Å². The van der Waals surface area contributed by atoms with Gasteiger partial charge in [-0.25, -0.2) is 4.79 Å². The molecule has 0 aromatic rings. The molecule has 0 bridgehead atoms. The van der Waals surface area contributed by atoms with Crippen molar-refractivity contribution in [1.82, 2.24) is 9.80 Å². The number of carboxylic acid groups (broad SMARTS) is 1. The van der Waals surface area contributed by atoms with Crippen molar-refractivity contribution in [2.75, 3.05) is 26.2 Å². The van der Waals surface area contributed by atoms with Crippen LogP contribution in [0.25, 0.3) is 0 Å². The van der Waals surface area contributed by atoms with E-state index in [9.17, 15) is 14.7 Å². The Morgan fingerprint density at radius 3 is 2.42 bits per heavy atom. The molecule has 0 aromatic carbocycles. The largest absolute Gasteiger partial charge is 0.480 e. The first kappa shape index (κ1) is 14.3. The summed E-state index contributed by atoms with van der Waals surface area (Å²) in [5.74, 6) is -0.934. The van der Waals surface area contributed by atoms with E-state index in [0.29, 0.717) is 19.5 Å². The molecule has 2 rings (SSSR count). The highest BCUT2D eigenvalue weighted by Gasteiger charge is 2.32. The zero-order chi connectivity index (χ0) is 13.8. The second kappa shape index (κ2) is 6.34. The summed E-state index contributed by atoms with van der Waals surface area (Å²) in [5, 5.41) is 9.17. The van der Waals surface area contributed by atoms with Crippen molar-refractivity contribution in [2.45, 2.75) is 44.2 Å². The van der Waals surface area contributed by atoms with E-state index in [1.165, 1.54) is 0 Å². The molecular formula is C13H23N3O3. The summed E-state index contributed by atoms with van der Waals surface area (Å²) in [5.41, 5.74) is 5.83. The maximum atomic E-state index is 12.3. The van der Waals surface area contributed by atoms with Crippen molar-refractivity contribution in [3.8, 4) is 0 Å². The number of hydrogen-bond donors (Lipinski definition) is 2. The van der Waals surface area contributed by atoms with Crippen LogP contribution < -0.4 is 5.73 Å². The predicted molar refractivity (Wildman–Crippen MR) is 70.6 cm³/mol. The van der Waals surface area contributed by atoms with E-state index in [-0.39, 0.29) is 11.9 Å². The minimum Gasteiger partial charge on any atom is -0.480 e. The van der Waals surface area contributed by atoms with Crippen LogP contribution in [0.2, 0.25) is 0 Å². The van der Waals surface area contributed by atoms with Crippen molar-refractivity contribution in [3.05, 3.63) is 0 Å². The molecule has 1 amide bonds. The number of aliphatic carboxylic acids is 1. The van der Waals surface area contributed by atoms with Gasteiger partial charge in [0, 0.05) is 25.7 Å². The van der Waals surface area contributed by atoms with Crippen LogP contribution in [0.1, 0.15) is 32.1 Å². The average molecular weight is 269 g/mol. The summed E-state index contributed by atoms with van der Waals surface area (Å²) in [6, 6.07) is -0.388. The fourth-order valence-electron chi connectivity index (χ4n) is 2.88. The second-order valence-electron chi connectivity index (χ2n) is 5.55. The lowest BCUT2D eigenvalue weighted by Crippen LogP contribution is -2.52. The van der Waals surface area contributed by atoms with Gasteiger partial charge in [-0.2, -0.15) is 0 Å². The average Bonchev–Trinajstić information content (AvgIpc) is 2.41. The minimum atomic E-state index is -0.881. The van der Waals surface area contributed by atoms with E-state index in [0.717, 1.165) is 38.8 Å². The van der Waals surface area contributed by atoms with Crippen LogP contribution >= 0.6 is 0 Å². The third kappa shape index (κ3) is 3.67. The van der Waals surface area contributed by atoms with Gasteiger partial charge < -0.3 is 15.7 Å². The van der Waals surface area contributed by atoms with E-state index < -0.39 is 12.0 Å². The summed E-state index contributed by atoms with van der Waals surface area (Å²) < 4.78 is 0. The van der Waals surface area contributed by atoms with Crippen LogP contribution in [0.5, 0.6) is 0 Å². The van der Waals surface area contributed by atoms with Crippen LogP contribution in [0.4, 0.5) is 0 Å². The number of carbonyl (C=O) groups is 2. The smallest absolute Gasteiger partial charge is 0.326 e. The van der Waals surface area contributed by atoms with E-state index in [2.05, 4.69) is 4.90 Å². The number of nitrogens with two attached hydrogens (primary N) is 1. The lowest BCUT2D eigenvalue weighted by atomic mass is 10.0. The van der Waals surface area contributed by atoms with Gasteiger partial charge in [0.05, 0.1) is 6.54 Å². The number of amides is 1. The molecule has 1 atom stereocenters. The fraction of sp³-hybridized carbons (Fsp3) is 0.846. The lowest BCUT2D eigenvalue weighted by Gasteiger charge is -2.36. The van der Waals surface area contributed by atoms with Crippen LogP contribution in [0.3, 0.4) is 0 Å². The van der Waals surface area contributed by atoms with Gasteiger partial charge >= 0.3 is 5.97 Å². The maximum absolute atomic E-state index is 12.3. The molecule has 2 aliphatic heterocycles. The molecule has 108 valence electrons. The van der Waals surface area contributed by atoms with Gasteiger partial charge in [-0.15, -0.1) is 0 Å². The Hall–Kier alpha value is -1.14. The van der Waals surface area contributed by atoms with Gasteiger partial charge in [-0.05, 0) is 32.1 Å². The van der Waals surface area contributed by atoms with Gasteiger partial charge in [-0.3, -0.25) is 9.69 Å². The minimum absolute atomic E-state index is 0.0532.